The van der Waals surface area contributed by atoms with Gasteiger partial charge in [0.25, 0.3) is 0 Å². The Kier molecular flexibility index (Phi) is 3.69. The second-order valence-electron chi connectivity index (χ2n) is 6.94. The molecule has 1 fully saturated rings. The number of rotatable bonds is 3. The minimum absolute atomic E-state index is 0.0192. The quantitative estimate of drug-likeness (QED) is 0.778. The zero-order valence-electron chi connectivity index (χ0n) is 12.5. The van der Waals surface area contributed by atoms with E-state index in [0.717, 1.165) is 24.8 Å². The van der Waals surface area contributed by atoms with Crippen molar-refractivity contribution in [1.29, 1.82) is 0 Å². The standard InChI is InChI=1S/C16H24O4/c1-10-6-7-12-11(16(10,3)9-13(17)18)5-4-8-15(12,2)14(19)20/h5,10,12H,4,6-9H2,1-3H3,(H,17,18)(H,19,20). The molecular formula is C16H24O4. The number of carboxylic acids is 2. The van der Waals surface area contributed by atoms with E-state index >= 15 is 0 Å². The first-order valence-corrected chi connectivity index (χ1v) is 7.37. The number of carboxylic acid groups (broad SMARTS) is 2. The molecule has 2 N–H and O–H groups in total. The van der Waals surface area contributed by atoms with E-state index < -0.39 is 22.8 Å². The lowest BCUT2D eigenvalue weighted by Crippen LogP contribution is -2.47. The lowest BCUT2D eigenvalue weighted by molar-refractivity contribution is -0.153. The molecule has 0 aliphatic heterocycles. The fourth-order valence-electron chi connectivity index (χ4n) is 4.16. The Balaban J connectivity index is 2.44. The highest BCUT2D eigenvalue weighted by atomic mass is 16.4. The first kappa shape index (κ1) is 15.1. The summed E-state index contributed by atoms with van der Waals surface area (Å²) in [6.07, 6.45) is 5.34. The van der Waals surface area contributed by atoms with Crippen molar-refractivity contribution < 1.29 is 19.8 Å². The second kappa shape index (κ2) is 4.90. The zero-order valence-corrected chi connectivity index (χ0v) is 12.5. The van der Waals surface area contributed by atoms with Crippen molar-refractivity contribution in [1.82, 2.24) is 0 Å². The van der Waals surface area contributed by atoms with Crippen LogP contribution in [0.5, 0.6) is 0 Å². The van der Waals surface area contributed by atoms with Crippen LogP contribution in [0, 0.1) is 22.7 Å². The van der Waals surface area contributed by atoms with Crippen LogP contribution in [0.1, 0.15) is 52.9 Å². The fourth-order valence-corrected chi connectivity index (χ4v) is 4.16. The van der Waals surface area contributed by atoms with Crippen LogP contribution in [0.15, 0.2) is 11.6 Å². The van der Waals surface area contributed by atoms with Crippen molar-refractivity contribution >= 4 is 11.9 Å². The van der Waals surface area contributed by atoms with Gasteiger partial charge in [-0.05, 0) is 44.4 Å². The Morgan fingerprint density at radius 1 is 1.30 bits per heavy atom. The van der Waals surface area contributed by atoms with E-state index in [0.29, 0.717) is 6.42 Å². The van der Waals surface area contributed by atoms with Crippen LogP contribution < -0.4 is 0 Å². The van der Waals surface area contributed by atoms with Crippen LogP contribution in [0.4, 0.5) is 0 Å². The highest BCUT2D eigenvalue weighted by molar-refractivity contribution is 5.76. The van der Waals surface area contributed by atoms with E-state index in [4.69, 9.17) is 0 Å². The third-order valence-electron chi connectivity index (χ3n) is 5.81. The number of allylic oxidation sites excluding steroid dienone is 2. The van der Waals surface area contributed by atoms with Gasteiger partial charge >= 0.3 is 11.9 Å². The van der Waals surface area contributed by atoms with Gasteiger partial charge in [-0.15, -0.1) is 0 Å². The molecule has 4 heteroatoms. The Morgan fingerprint density at radius 2 is 1.95 bits per heavy atom. The van der Waals surface area contributed by atoms with Crippen LogP contribution in [-0.4, -0.2) is 22.2 Å². The Hall–Kier alpha value is -1.32. The largest absolute Gasteiger partial charge is 0.481 e. The molecule has 0 heterocycles. The highest BCUT2D eigenvalue weighted by Crippen LogP contribution is 2.57. The first-order chi connectivity index (χ1) is 9.21. The van der Waals surface area contributed by atoms with Gasteiger partial charge in [0.2, 0.25) is 0 Å². The monoisotopic (exact) mass is 280 g/mol. The molecule has 0 radical (unpaired) electrons. The predicted octanol–water partition coefficient (Wildman–Crippen LogP) is 3.32. The summed E-state index contributed by atoms with van der Waals surface area (Å²) in [5.74, 6) is -1.30. The van der Waals surface area contributed by atoms with Crippen LogP contribution in [0.2, 0.25) is 0 Å². The summed E-state index contributed by atoms with van der Waals surface area (Å²) < 4.78 is 0. The molecular weight excluding hydrogens is 256 g/mol. The molecule has 2 rings (SSSR count). The van der Waals surface area contributed by atoms with Gasteiger partial charge in [-0.2, -0.15) is 0 Å². The Morgan fingerprint density at radius 3 is 2.50 bits per heavy atom. The number of carbonyl (C=O) groups is 2. The molecule has 0 aromatic rings. The number of fused-ring (bicyclic) bond motifs is 1. The molecule has 2 aliphatic carbocycles. The van der Waals surface area contributed by atoms with Crippen LogP contribution in [0.3, 0.4) is 0 Å². The second-order valence-corrected chi connectivity index (χ2v) is 6.94. The van der Waals surface area contributed by atoms with Crippen molar-refractivity contribution in [3.05, 3.63) is 11.6 Å². The third kappa shape index (κ3) is 2.15. The number of hydrogen-bond donors (Lipinski definition) is 2. The summed E-state index contributed by atoms with van der Waals surface area (Å²) in [5.41, 5.74) is -0.0784. The molecule has 0 aromatic carbocycles. The van der Waals surface area contributed by atoms with Gasteiger partial charge in [0, 0.05) is 5.41 Å². The topological polar surface area (TPSA) is 74.6 Å². The lowest BCUT2D eigenvalue weighted by atomic mass is 9.52. The Labute approximate surface area is 119 Å². The predicted molar refractivity (Wildman–Crippen MR) is 75.3 cm³/mol. The summed E-state index contributed by atoms with van der Waals surface area (Å²) in [6, 6.07) is 0. The van der Waals surface area contributed by atoms with Crippen LogP contribution in [-0.2, 0) is 9.59 Å². The van der Waals surface area contributed by atoms with Crippen molar-refractivity contribution in [3.63, 3.8) is 0 Å². The molecule has 0 bridgehead atoms. The Bertz CT molecular complexity index is 467. The van der Waals surface area contributed by atoms with Gasteiger partial charge in [0.15, 0.2) is 0 Å². The zero-order chi connectivity index (χ0) is 15.1. The van der Waals surface area contributed by atoms with Gasteiger partial charge in [0.05, 0.1) is 11.8 Å². The van der Waals surface area contributed by atoms with Gasteiger partial charge < -0.3 is 10.2 Å². The van der Waals surface area contributed by atoms with E-state index in [1.807, 2.05) is 13.8 Å². The SMILES string of the molecule is CC1CCC2C(=CCCC2(C)C(=O)O)C1(C)CC(=O)O. The summed E-state index contributed by atoms with van der Waals surface area (Å²) in [5, 5.41) is 18.8. The summed E-state index contributed by atoms with van der Waals surface area (Å²) in [4.78, 5) is 22.9. The number of aliphatic carboxylic acids is 2. The van der Waals surface area contributed by atoms with Crippen LogP contribution >= 0.6 is 0 Å². The molecule has 4 unspecified atom stereocenters. The highest BCUT2D eigenvalue weighted by Gasteiger charge is 2.53. The molecule has 112 valence electrons. The minimum atomic E-state index is -0.802. The molecule has 0 spiro atoms. The van der Waals surface area contributed by atoms with Crippen molar-refractivity contribution in [2.45, 2.75) is 52.9 Å². The maximum absolute atomic E-state index is 11.7. The molecule has 0 saturated heterocycles. The first-order valence-electron chi connectivity index (χ1n) is 7.37. The summed E-state index contributed by atoms with van der Waals surface area (Å²) in [6.45, 7) is 5.91. The van der Waals surface area contributed by atoms with Crippen molar-refractivity contribution in [3.8, 4) is 0 Å². The maximum atomic E-state index is 11.7. The average Bonchev–Trinajstić information content (AvgIpc) is 2.34. The smallest absolute Gasteiger partial charge is 0.309 e. The van der Waals surface area contributed by atoms with E-state index in [1.54, 1.807) is 0 Å². The molecule has 0 amide bonds. The molecule has 2 aliphatic rings. The summed E-state index contributed by atoms with van der Waals surface area (Å²) in [7, 11) is 0. The van der Waals surface area contributed by atoms with Gasteiger partial charge in [0.1, 0.15) is 0 Å². The minimum Gasteiger partial charge on any atom is -0.481 e. The van der Waals surface area contributed by atoms with Crippen molar-refractivity contribution in [2.24, 2.45) is 22.7 Å². The number of hydrogen-bond acceptors (Lipinski definition) is 2. The van der Waals surface area contributed by atoms with E-state index in [9.17, 15) is 19.8 Å². The normalized spacial score (nSPS) is 40.6. The summed E-state index contributed by atoms with van der Waals surface area (Å²) >= 11 is 0. The van der Waals surface area contributed by atoms with Crippen molar-refractivity contribution in [2.75, 3.05) is 0 Å². The molecule has 4 nitrogen and oxygen atoms in total. The molecule has 0 aromatic heterocycles. The molecule has 20 heavy (non-hydrogen) atoms. The molecule has 1 saturated carbocycles. The van der Waals surface area contributed by atoms with E-state index in [-0.39, 0.29) is 18.3 Å². The van der Waals surface area contributed by atoms with E-state index in [2.05, 4.69) is 13.0 Å². The van der Waals surface area contributed by atoms with Gasteiger partial charge in [-0.3, -0.25) is 9.59 Å². The maximum Gasteiger partial charge on any atom is 0.309 e. The van der Waals surface area contributed by atoms with E-state index in [1.165, 1.54) is 0 Å². The lowest BCUT2D eigenvalue weighted by Gasteiger charge is -2.51. The van der Waals surface area contributed by atoms with Gasteiger partial charge in [-0.25, -0.2) is 0 Å². The van der Waals surface area contributed by atoms with Gasteiger partial charge in [-0.1, -0.05) is 25.5 Å². The average molecular weight is 280 g/mol. The third-order valence-corrected chi connectivity index (χ3v) is 5.81. The molecule has 4 atom stereocenters. The van der Waals surface area contributed by atoms with Crippen LogP contribution in [0.25, 0.3) is 0 Å². The fraction of sp³-hybridized carbons (Fsp3) is 0.750.